The van der Waals surface area contributed by atoms with Gasteiger partial charge in [-0.05, 0) is 62.1 Å². The van der Waals surface area contributed by atoms with Crippen LogP contribution in [0.1, 0.15) is 34.8 Å². The van der Waals surface area contributed by atoms with Gasteiger partial charge in [0, 0.05) is 11.1 Å². The van der Waals surface area contributed by atoms with Crippen LogP contribution < -0.4 is 11.1 Å². The number of amides is 1. The topological polar surface area (TPSA) is 85.8 Å². The molecule has 0 fully saturated rings. The maximum atomic E-state index is 13.5. The van der Waals surface area contributed by atoms with Gasteiger partial charge >= 0.3 is 0 Å². The van der Waals surface area contributed by atoms with E-state index in [1.54, 1.807) is 4.57 Å². The van der Waals surface area contributed by atoms with E-state index in [1.807, 2.05) is 74.5 Å². The summed E-state index contributed by atoms with van der Waals surface area (Å²) in [4.78, 5) is 23.1. The van der Waals surface area contributed by atoms with Gasteiger partial charge in [-0.1, -0.05) is 60.1 Å². The number of nitrogen functional groups attached to an aromatic ring is 1. The van der Waals surface area contributed by atoms with Crippen LogP contribution in [0, 0.1) is 6.92 Å². The van der Waals surface area contributed by atoms with Crippen LogP contribution in [0.3, 0.4) is 0 Å². The molecule has 2 heterocycles. The van der Waals surface area contributed by atoms with Crippen molar-refractivity contribution in [2.45, 2.75) is 32.7 Å². The Morgan fingerprint density at radius 3 is 2.43 bits per heavy atom. The van der Waals surface area contributed by atoms with Gasteiger partial charge in [0.25, 0.3) is 5.91 Å². The van der Waals surface area contributed by atoms with Gasteiger partial charge in [-0.3, -0.25) is 9.36 Å². The minimum absolute atomic E-state index is 0.0530. The zero-order valence-electron chi connectivity index (χ0n) is 19.6. The lowest BCUT2D eigenvalue weighted by Gasteiger charge is -2.14. The highest BCUT2D eigenvalue weighted by molar-refractivity contribution is 6.31. The number of hydrogen-bond acceptors (Lipinski definition) is 4. The van der Waals surface area contributed by atoms with Crippen molar-refractivity contribution in [3.8, 4) is 5.69 Å². The third-order valence-electron chi connectivity index (χ3n) is 6.22. The SMILES string of the molecule is Cc1ccc(-n2c(N)c(C(=O)N[C@H](C)CCc3ccccc3)c3nc4ccccc4nc32)cc1Cl. The Bertz CT molecular complexity index is 1540. The number of aryl methyl sites for hydroxylation is 2. The summed E-state index contributed by atoms with van der Waals surface area (Å²) in [5.74, 6) is 0.0117. The molecule has 0 radical (unpaired) electrons. The Morgan fingerprint density at radius 2 is 1.71 bits per heavy atom. The Labute approximate surface area is 208 Å². The average molecular weight is 484 g/mol. The quantitative estimate of drug-likeness (QED) is 0.316. The van der Waals surface area contributed by atoms with E-state index >= 15 is 0 Å². The molecule has 0 aliphatic heterocycles. The molecular weight excluding hydrogens is 458 g/mol. The number of nitrogens with two attached hydrogens (primary N) is 1. The summed E-state index contributed by atoms with van der Waals surface area (Å²) < 4.78 is 1.75. The minimum Gasteiger partial charge on any atom is -0.384 e. The first-order valence-electron chi connectivity index (χ1n) is 11.6. The maximum absolute atomic E-state index is 13.5. The number of nitrogens with one attached hydrogen (secondary N) is 1. The molecule has 6 nitrogen and oxygen atoms in total. The fraction of sp³-hybridized carbons (Fsp3) is 0.179. The van der Waals surface area contributed by atoms with Crippen molar-refractivity contribution in [1.29, 1.82) is 0 Å². The number of carbonyl (C=O) groups excluding carboxylic acids is 1. The molecule has 35 heavy (non-hydrogen) atoms. The first kappa shape index (κ1) is 22.9. The van der Waals surface area contributed by atoms with Crippen molar-refractivity contribution >= 4 is 45.5 Å². The second kappa shape index (κ2) is 9.39. The molecule has 0 spiro atoms. The number of anilines is 1. The predicted octanol–water partition coefficient (Wildman–Crippen LogP) is 5.87. The van der Waals surface area contributed by atoms with E-state index in [0.717, 1.165) is 29.6 Å². The van der Waals surface area contributed by atoms with Gasteiger partial charge in [0.15, 0.2) is 5.65 Å². The molecule has 1 atom stereocenters. The van der Waals surface area contributed by atoms with Crippen molar-refractivity contribution in [2.75, 3.05) is 5.73 Å². The van der Waals surface area contributed by atoms with Crippen LogP contribution in [0.5, 0.6) is 0 Å². The Hall–Kier alpha value is -3.90. The number of benzene rings is 3. The first-order chi connectivity index (χ1) is 16.9. The zero-order chi connectivity index (χ0) is 24.5. The van der Waals surface area contributed by atoms with Gasteiger partial charge in [-0.25, -0.2) is 9.97 Å². The van der Waals surface area contributed by atoms with Gasteiger partial charge in [-0.15, -0.1) is 0 Å². The predicted molar refractivity (Wildman–Crippen MR) is 142 cm³/mol. The number of nitrogens with zero attached hydrogens (tertiary/aromatic N) is 3. The van der Waals surface area contributed by atoms with E-state index in [2.05, 4.69) is 17.4 Å². The highest BCUT2D eigenvalue weighted by Gasteiger charge is 2.25. The monoisotopic (exact) mass is 483 g/mol. The van der Waals surface area contributed by atoms with E-state index in [4.69, 9.17) is 27.3 Å². The number of carbonyl (C=O) groups is 1. The van der Waals surface area contributed by atoms with Crippen LogP contribution >= 0.6 is 11.6 Å². The summed E-state index contributed by atoms with van der Waals surface area (Å²) in [6.45, 7) is 3.93. The third kappa shape index (κ3) is 4.45. The Balaban J connectivity index is 1.56. The number of hydrogen-bond donors (Lipinski definition) is 2. The van der Waals surface area contributed by atoms with Crippen molar-refractivity contribution in [3.05, 3.63) is 94.5 Å². The highest BCUT2D eigenvalue weighted by atomic mass is 35.5. The van der Waals surface area contributed by atoms with Gasteiger partial charge in [-0.2, -0.15) is 0 Å². The smallest absolute Gasteiger partial charge is 0.257 e. The van der Waals surface area contributed by atoms with Crippen LogP contribution in [0.2, 0.25) is 5.02 Å². The molecule has 0 unspecified atom stereocenters. The van der Waals surface area contributed by atoms with E-state index in [-0.39, 0.29) is 17.8 Å². The fourth-order valence-corrected chi connectivity index (χ4v) is 4.44. The first-order valence-corrected chi connectivity index (χ1v) is 12.0. The number of para-hydroxylation sites is 2. The summed E-state index contributed by atoms with van der Waals surface area (Å²) in [7, 11) is 0. The average Bonchev–Trinajstić information content (AvgIpc) is 3.14. The lowest BCUT2D eigenvalue weighted by Crippen LogP contribution is -2.33. The largest absolute Gasteiger partial charge is 0.384 e. The van der Waals surface area contributed by atoms with Crippen molar-refractivity contribution < 1.29 is 4.79 Å². The number of aromatic nitrogens is 3. The van der Waals surface area contributed by atoms with Crippen LogP contribution in [0.15, 0.2) is 72.8 Å². The molecule has 5 rings (SSSR count). The van der Waals surface area contributed by atoms with Crippen LogP contribution in [-0.4, -0.2) is 26.5 Å². The van der Waals surface area contributed by atoms with Crippen molar-refractivity contribution in [2.24, 2.45) is 0 Å². The summed E-state index contributed by atoms with van der Waals surface area (Å²) in [6, 6.07) is 23.4. The molecule has 2 aromatic heterocycles. The molecule has 3 aromatic carbocycles. The molecule has 0 saturated heterocycles. The lowest BCUT2D eigenvalue weighted by molar-refractivity contribution is 0.0941. The second-order valence-corrected chi connectivity index (χ2v) is 9.22. The lowest BCUT2D eigenvalue weighted by atomic mass is 10.1. The molecule has 0 aliphatic rings. The zero-order valence-corrected chi connectivity index (χ0v) is 20.4. The van der Waals surface area contributed by atoms with Crippen LogP contribution in [0.25, 0.3) is 27.9 Å². The molecule has 7 heteroatoms. The summed E-state index contributed by atoms with van der Waals surface area (Å²) in [6.07, 6.45) is 1.67. The fourth-order valence-electron chi connectivity index (χ4n) is 4.26. The Morgan fingerprint density at radius 1 is 1.03 bits per heavy atom. The van der Waals surface area contributed by atoms with Gasteiger partial charge in [0.05, 0.1) is 16.7 Å². The summed E-state index contributed by atoms with van der Waals surface area (Å²) >= 11 is 6.42. The molecule has 0 bridgehead atoms. The molecule has 176 valence electrons. The molecule has 0 aliphatic carbocycles. The third-order valence-corrected chi connectivity index (χ3v) is 6.63. The van der Waals surface area contributed by atoms with E-state index in [9.17, 15) is 4.79 Å². The molecule has 0 saturated carbocycles. The number of rotatable bonds is 6. The van der Waals surface area contributed by atoms with Crippen molar-refractivity contribution in [1.82, 2.24) is 19.9 Å². The standard InChI is InChI=1S/C28H26ClN5O/c1-17-12-15-20(16-21(17)29)34-26(30)24(25-27(34)33-23-11-7-6-10-22(23)32-25)28(35)31-18(2)13-14-19-8-4-3-5-9-19/h3-12,15-16,18H,13-14,30H2,1-2H3,(H,31,35)/t18-/m1/s1. The van der Waals surface area contributed by atoms with Gasteiger partial charge < -0.3 is 11.1 Å². The maximum Gasteiger partial charge on any atom is 0.257 e. The van der Waals surface area contributed by atoms with Crippen LogP contribution in [0.4, 0.5) is 5.82 Å². The molecule has 1 amide bonds. The summed E-state index contributed by atoms with van der Waals surface area (Å²) in [5.41, 5.74) is 12.3. The Kier molecular flexibility index (Phi) is 6.14. The normalized spacial score (nSPS) is 12.2. The van der Waals surface area contributed by atoms with E-state index < -0.39 is 0 Å². The van der Waals surface area contributed by atoms with Crippen LogP contribution in [-0.2, 0) is 6.42 Å². The molecule has 3 N–H and O–H groups in total. The van der Waals surface area contributed by atoms with E-state index in [0.29, 0.717) is 27.3 Å². The van der Waals surface area contributed by atoms with Crippen molar-refractivity contribution in [3.63, 3.8) is 0 Å². The molecular formula is C28H26ClN5O. The van der Waals surface area contributed by atoms with E-state index in [1.165, 1.54) is 5.56 Å². The van der Waals surface area contributed by atoms with Gasteiger partial charge in [0.2, 0.25) is 0 Å². The minimum atomic E-state index is -0.269. The highest BCUT2D eigenvalue weighted by Crippen LogP contribution is 2.32. The number of halogens is 1. The van der Waals surface area contributed by atoms with Gasteiger partial charge in [0.1, 0.15) is 16.9 Å². The number of fused-ring (bicyclic) bond motifs is 2. The second-order valence-electron chi connectivity index (χ2n) is 8.81. The molecule has 5 aromatic rings. The summed E-state index contributed by atoms with van der Waals surface area (Å²) in [5, 5.41) is 3.72.